The van der Waals surface area contributed by atoms with Crippen LogP contribution in [0.2, 0.25) is 0 Å². The highest BCUT2D eigenvalue weighted by Gasteiger charge is 2.02. The predicted octanol–water partition coefficient (Wildman–Crippen LogP) is 3.67. The number of hydrogen-bond donors (Lipinski definition) is 0. The van der Waals surface area contributed by atoms with Crippen LogP contribution in [0, 0.1) is 26.7 Å². The summed E-state index contributed by atoms with van der Waals surface area (Å²) in [6.45, 7) is 4.32. The molecule has 1 aromatic rings. The highest BCUT2D eigenvalue weighted by Crippen LogP contribution is 2.27. The second kappa shape index (κ2) is 3.75. The van der Waals surface area contributed by atoms with Crippen molar-refractivity contribution >= 4 is 5.57 Å². The number of rotatable bonds is 1. The molecule has 1 aromatic carbocycles. The van der Waals surface area contributed by atoms with Crippen LogP contribution < -0.4 is 0 Å². The largest absolute Gasteiger partial charge is 0.184 e. The molecule has 71 valence electrons. The average molecular weight is 182 g/mol. The summed E-state index contributed by atoms with van der Waals surface area (Å²) in [7, 11) is 0. The Morgan fingerprint density at radius 3 is 2.36 bits per heavy atom. The van der Waals surface area contributed by atoms with E-state index in [0.29, 0.717) is 0 Å². The van der Waals surface area contributed by atoms with Crippen LogP contribution in [0.3, 0.4) is 0 Å². The van der Waals surface area contributed by atoms with Crippen molar-refractivity contribution in [2.24, 2.45) is 0 Å². The van der Waals surface area contributed by atoms with Crippen LogP contribution >= 0.6 is 0 Å². The maximum atomic E-state index is 2.16. The highest BCUT2D eigenvalue weighted by atomic mass is 14.1. The molecule has 0 aromatic heterocycles. The molecule has 1 aliphatic carbocycles. The van der Waals surface area contributed by atoms with Gasteiger partial charge in [0.1, 0.15) is 0 Å². The first-order valence-corrected chi connectivity index (χ1v) is 4.90. The Labute approximate surface area is 86.0 Å². The Kier molecular flexibility index (Phi) is 2.45. The van der Waals surface area contributed by atoms with Gasteiger partial charge in [-0.15, -0.1) is 5.57 Å². The predicted molar refractivity (Wildman–Crippen MR) is 61.6 cm³/mol. The zero-order chi connectivity index (χ0) is 9.97. The molecular formula is C14H14-. The van der Waals surface area contributed by atoms with Gasteiger partial charge >= 0.3 is 0 Å². The van der Waals surface area contributed by atoms with Gasteiger partial charge < -0.3 is 0 Å². The molecule has 0 unspecified atom stereocenters. The van der Waals surface area contributed by atoms with Crippen molar-refractivity contribution in [2.45, 2.75) is 13.8 Å². The fourth-order valence-corrected chi connectivity index (χ4v) is 1.87. The summed E-state index contributed by atoms with van der Waals surface area (Å²) in [5.74, 6) is 0. The lowest BCUT2D eigenvalue weighted by atomic mass is 9.91. The molecular weight excluding hydrogens is 168 g/mol. The lowest BCUT2D eigenvalue weighted by molar-refractivity contribution is 1.33. The third-order valence-corrected chi connectivity index (χ3v) is 2.54. The lowest BCUT2D eigenvalue weighted by Crippen LogP contribution is -1.95. The van der Waals surface area contributed by atoms with Crippen LogP contribution in [0.5, 0.6) is 0 Å². The van der Waals surface area contributed by atoms with E-state index in [-0.39, 0.29) is 0 Å². The first-order chi connectivity index (χ1) is 6.79. The molecule has 0 saturated carbocycles. The van der Waals surface area contributed by atoms with Crippen LogP contribution in [0.1, 0.15) is 16.7 Å². The van der Waals surface area contributed by atoms with Crippen LogP contribution in [-0.4, -0.2) is 0 Å². The second-order valence-electron chi connectivity index (χ2n) is 3.63. The van der Waals surface area contributed by atoms with Crippen molar-refractivity contribution in [1.82, 2.24) is 0 Å². The molecule has 0 amide bonds. The van der Waals surface area contributed by atoms with E-state index in [4.69, 9.17) is 0 Å². The minimum absolute atomic E-state index is 1.31. The normalized spacial score (nSPS) is 14.9. The molecule has 0 heterocycles. The van der Waals surface area contributed by atoms with Gasteiger partial charge in [0.25, 0.3) is 0 Å². The number of aryl methyl sites for hydroxylation is 2. The summed E-state index contributed by atoms with van der Waals surface area (Å²) in [4.78, 5) is 0. The van der Waals surface area contributed by atoms with Crippen molar-refractivity contribution in [3.8, 4) is 0 Å². The van der Waals surface area contributed by atoms with Gasteiger partial charge in [-0.1, -0.05) is 41.3 Å². The molecule has 14 heavy (non-hydrogen) atoms. The number of allylic oxidation sites excluding steroid dienone is 4. The third-order valence-electron chi connectivity index (χ3n) is 2.54. The maximum absolute atomic E-state index is 2.16. The van der Waals surface area contributed by atoms with Crippen LogP contribution in [-0.2, 0) is 0 Å². The Morgan fingerprint density at radius 1 is 1.07 bits per heavy atom. The minimum Gasteiger partial charge on any atom is -0.184 e. The van der Waals surface area contributed by atoms with Gasteiger partial charge in [0.05, 0.1) is 0 Å². The van der Waals surface area contributed by atoms with E-state index in [1.807, 2.05) is 0 Å². The van der Waals surface area contributed by atoms with Gasteiger partial charge in [-0.3, -0.25) is 0 Å². The first kappa shape index (κ1) is 9.14. The average Bonchev–Trinajstić information content (AvgIpc) is 2.19. The smallest absolute Gasteiger partial charge is 0.0402 e. The van der Waals surface area contributed by atoms with Gasteiger partial charge in [0.15, 0.2) is 0 Å². The van der Waals surface area contributed by atoms with E-state index in [2.05, 4.69) is 63.1 Å². The van der Waals surface area contributed by atoms with Crippen LogP contribution in [0.15, 0.2) is 36.4 Å². The van der Waals surface area contributed by atoms with E-state index in [1.54, 1.807) is 0 Å². The molecule has 0 nitrogen and oxygen atoms in total. The molecule has 1 radical (unpaired) electrons. The number of benzene rings is 1. The topological polar surface area (TPSA) is 0 Å². The lowest BCUT2D eigenvalue weighted by Gasteiger charge is -2.20. The van der Waals surface area contributed by atoms with E-state index < -0.39 is 0 Å². The van der Waals surface area contributed by atoms with E-state index >= 15 is 0 Å². The molecule has 0 aliphatic heterocycles. The summed E-state index contributed by atoms with van der Waals surface area (Å²) < 4.78 is 0. The third kappa shape index (κ3) is 1.60. The summed E-state index contributed by atoms with van der Waals surface area (Å²) in [6.07, 6.45) is 10.5. The molecule has 0 bridgehead atoms. The van der Waals surface area contributed by atoms with Crippen molar-refractivity contribution in [1.29, 1.82) is 0 Å². The van der Waals surface area contributed by atoms with E-state index in [1.165, 1.54) is 22.3 Å². The number of hydrogen-bond acceptors (Lipinski definition) is 0. The summed E-state index contributed by atoms with van der Waals surface area (Å²) in [6, 6.07) is 6.43. The fraction of sp³-hybridized carbons (Fsp3) is 0.143. The Balaban J connectivity index is 2.45. The second-order valence-corrected chi connectivity index (χ2v) is 3.63. The van der Waals surface area contributed by atoms with E-state index in [9.17, 15) is 0 Å². The fourth-order valence-electron chi connectivity index (χ4n) is 1.87. The molecule has 0 N–H and O–H groups in total. The quantitative estimate of drug-likeness (QED) is 0.581. The standard InChI is InChI=1S/C14H14/c1-11-7-6-8-12(2)14(11)13-9-4-3-5-10-13/h3-10H,1-2H3/q-1. The van der Waals surface area contributed by atoms with Crippen molar-refractivity contribution in [2.75, 3.05) is 0 Å². The van der Waals surface area contributed by atoms with Gasteiger partial charge in [-0.05, 0) is 13.8 Å². The highest BCUT2D eigenvalue weighted by molar-refractivity contribution is 5.79. The molecule has 1 aliphatic rings. The Morgan fingerprint density at radius 2 is 1.79 bits per heavy atom. The van der Waals surface area contributed by atoms with Crippen molar-refractivity contribution in [3.05, 3.63) is 66.0 Å². The van der Waals surface area contributed by atoms with Gasteiger partial charge in [0, 0.05) is 0 Å². The summed E-state index contributed by atoms with van der Waals surface area (Å²) in [5.41, 5.74) is 5.36. The molecule has 0 spiro atoms. The van der Waals surface area contributed by atoms with E-state index in [0.717, 1.165) is 0 Å². The maximum Gasteiger partial charge on any atom is -0.0402 e. The van der Waals surface area contributed by atoms with Crippen molar-refractivity contribution in [3.63, 3.8) is 0 Å². The minimum atomic E-state index is 1.31. The van der Waals surface area contributed by atoms with Crippen LogP contribution in [0.4, 0.5) is 0 Å². The van der Waals surface area contributed by atoms with Crippen LogP contribution in [0.25, 0.3) is 5.57 Å². The monoisotopic (exact) mass is 182 g/mol. The SMILES string of the molecule is Cc1cccc(C)c1C1=C[CH-]C=C[CH]1. The Hall–Kier alpha value is -1.43. The zero-order valence-corrected chi connectivity index (χ0v) is 8.62. The van der Waals surface area contributed by atoms with Gasteiger partial charge in [0.2, 0.25) is 0 Å². The molecule has 0 fully saturated rings. The summed E-state index contributed by atoms with van der Waals surface area (Å²) >= 11 is 0. The first-order valence-electron chi connectivity index (χ1n) is 4.90. The Bertz CT molecular complexity index is 374. The zero-order valence-electron chi connectivity index (χ0n) is 8.62. The van der Waals surface area contributed by atoms with Crippen molar-refractivity contribution < 1.29 is 0 Å². The molecule has 0 saturated heterocycles. The summed E-state index contributed by atoms with van der Waals surface area (Å²) in [5, 5.41) is 0. The molecule has 0 heteroatoms. The van der Waals surface area contributed by atoms with Gasteiger partial charge in [-0.25, -0.2) is 0 Å². The molecule has 0 atom stereocenters. The van der Waals surface area contributed by atoms with Gasteiger partial charge in [-0.2, -0.15) is 24.6 Å². The molecule has 2 rings (SSSR count).